The molecule has 0 bridgehead atoms. The summed E-state index contributed by atoms with van der Waals surface area (Å²) in [5, 5.41) is 12.3. The predicted octanol–water partition coefficient (Wildman–Crippen LogP) is 4.78. The lowest BCUT2D eigenvalue weighted by Crippen LogP contribution is -2.54. The van der Waals surface area contributed by atoms with Gasteiger partial charge in [0.1, 0.15) is 17.1 Å². The largest absolute Gasteiger partial charge is 0.478 e. The minimum absolute atomic E-state index is 0.0537. The molecule has 1 aliphatic rings. The first-order valence-electron chi connectivity index (χ1n) is 9.04. The number of thiocarbonyl (C=S) groups is 1. The number of rotatable bonds is 4. The van der Waals surface area contributed by atoms with Crippen molar-refractivity contribution < 1.29 is 23.9 Å². The molecule has 4 rings (SSSR count). The molecule has 1 fully saturated rings. The Kier molecular flexibility index (Phi) is 5.84. The number of aromatic carboxylic acids is 1. The number of hydrogen-bond donors (Lipinski definition) is 2. The molecule has 0 saturated carbocycles. The Morgan fingerprint density at radius 3 is 2.47 bits per heavy atom. The number of nitrogens with one attached hydrogen (secondary N) is 1. The number of carboxylic acids is 1. The minimum Gasteiger partial charge on any atom is -0.478 e. The molecule has 0 spiro atoms. The van der Waals surface area contributed by atoms with Gasteiger partial charge in [0.25, 0.3) is 11.8 Å². The average Bonchev–Trinajstić information content (AvgIpc) is 3.21. The number of carbonyl (C=O) groups is 3. The van der Waals surface area contributed by atoms with Crippen LogP contribution in [-0.2, 0) is 9.59 Å². The lowest BCUT2D eigenvalue weighted by molar-refractivity contribution is -0.122. The van der Waals surface area contributed by atoms with Gasteiger partial charge in [0, 0.05) is 10.6 Å². The van der Waals surface area contributed by atoms with E-state index in [1.54, 1.807) is 42.5 Å². The van der Waals surface area contributed by atoms with Gasteiger partial charge in [-0.05, 0) is 72.9 Å². The third-order valence-electron chi connectivity index (χ3n) is 4.58. The standard InChI is InChI=1S/C22H12Cl2N2O5S/c23-12-2-4-13(5-3-12)26-20(28)16(19(27)25-22(26)32)10-14-6-8-18(31-14)11-1-7-17(24)15(9-11)21(29)30/h1-10H,(H,29,30)(H,25,27,32)/b16-10+. The second-order valence-electron chi connectivity index (χ2n) is 6.64. The van der Waals surface area contributed by atoms with E-state index in [-0.39, 0.29) is 27.0 Å². The summed E-state index contributed by atoms with van der Waals surface area (Å²) >= 11 is 17.0. The molecule has 2 amide bonds. The number of carbonyl (C=O) groups excluding carboxylic acids is 2. The molecule has 2 heterocycles. The molecule has 0 unspecified atom stereocenters. The lowest BCUT2D eigenvalue weighted by Gasteiger charge is -2.28. The van der Waals surface area contributed by atoms with Crippen LogP contribution in [0.4, 0.5) is 5.69 Å². The van der Waals surface area contributed by atoms with E-state index in [1.165, 1.54) is 23.1 Å². The lowest BCUT2D eigenvalue weighted by atomic mass is 10.1. The van der Waals surface area contributed by atoms with Crippen LogP contribution in [0.3, 0.4) is 0 Å². The minimum atomic E-state index is -1.17. The summed E-state index contributed by atoms with van der Waals surface area (Å²) in [6, 6.07) is 14.0. The predicted molar refractivity (Wildman–Crippen MR) is 124 cm³/mol. The van der Waals surface area contributed by atoms with E-state index >= 15 is 0 Å². The Balaban J connectivity index is 1.67. The molecule has 1 saturated heterocycles. The maximum atomic E-state index is 13.0. The molecule has 32 heavy (non-hydrogen) atoms. The first kappa shape index (κ1) is 21.8. The van der Waals surface area contributed by atoms with Crippen LogP contribution in [0.15, 0.2) is 64.6 Å². The number of carboxylic acid groups (broad SMARTS) is 1. The van der Waals surface area contributed by atoms with Crippen LogP contribution in [0.2, 0.25) is 10.0 Å². The van der Waals surface area contributed by atoms with E-state index < -0.39 is 17.8 Å². The molecule has 3 aromatic rings. The fourth-order valence-corrected chi connectivity index (χ4v) is 3.66. The molecule has 2 N–H and O–H groups in total. The molecule has 10 heteroatoms. The van der Waals surface area contributed by atoms with Gasteiger partial charge in [-0.3, -0.25) is 19.8 Å². The third kappa shape index (κ3) is 4.16. The Morgan fingerprint density at radius 2 is 1.78 bits per heavy atom. The zero-order valence-electron chi connectivity index (χ0n) is 16.0. The van der Waals surface area contributed by atoms with Crippen molar-refractivity contribution >= 4 is 70.1 Å². The van der Waals surface area contributed by atoms with Crippen LogP contribution in [0.1, 0.15) is 16.1 Å². The Morgan fingerprint density at radius 1 is 1.06 bits per heavy atom. The molecule has 0 radical (unpaired) electrons. The second kappa shape index (κ2) is 8.58. The third-order valence-corrected chi connectivity index (χ3v) is 5.45. The first-order valence-corrected chi connectivity index (χ1v) is 10.2. The van der Waals surface area contributed by atoms with Crippen LogP contribution in [0.25, 0.3) is 17.4 Å². The quantitative estimate of drug-likeness (QED) is 0.312. The van der Waals surface area contributed by atoms with Crippen LogP contribution in [0.5, 0.6) is 0 Å². The van der Waals surface area contributed by atoms with E-state index in [1.807, 2.05) is 0 Å². The van der Waals surface area contributed by atoms with Gasteiger partial charge in [0.15, 0.2) is 5.11 Å². The normalized spacial score (nSPS) is 15.2. The highest BCUT2D eigenvalue weighted by atomic mass is 35.5. The smallest absolute Gasteiger partial charge is 0.337 e. The van der Waals surface area contributed by atoms with Crippen molar-refractivity contribution in [1.82, 2.24) is 5.32 Å². The van der Waals surface area contributed by atoms with Crippen molar-refractivity contribution in [1.29, 1.82) is 0 Å². The van der Waals surface area contributed by atoms with Crippen LogP contribution >= 0.6 is 35.4 Å². The highest BCUT2D eigenvalue weighted by molar-refractivity contribution is 7.80. The highest BCUT2D eigenvalue weighted by Crippen LogP contribution is 2.29. The topological polar surface area (TPSA) is 99.9 Å². The van der Waals surface area contributed by atoms with Gasteiger partial charge < -0.3 is 9.52 Å². The van der Waals surface area contributed by atoms with Crippen molar-refractivity contribution in [3.05, 3.63) is 81.5 Å². The van der Waals surface area contributed by atoms with Crippen LogP contribution < -0.4 is 10.2 Å². The fourth-order valence-electron chi connectivity index (χ4n) is 3.05. The van der Waals surface area contributed by atoms with Crippen molar-refractivity contribution in [3.8, 4) is 11.3 Å². The summed E-state index contributed by atoms with van der Waals surface area (Å²) in [7, 11) is 0. The van der Waals surface area contributed by atoms with Gasteiger partial charge in [-0.1, -0.05) is 23.2 Å². The van der Waals surface area contributed by atoms with Gasteiger partial charge in [0.05, 0.1) is 16.3 Å². The molecule has 0 atom stereocenters. The Hall–Kier alpha value is -3.46. The molecular weight excluding hydrogens is 475 g/mol. The van der Waals surface area contributed by atoms with Gasteiger partial charge in [0.2, 0.25) is 0 Å². The molecule has 1 aromatic heterocycles. The monoisotopic (exact) mass is 486 g/mol. The number of nitrogens with zero attached hydrogens (tertiary/aromatic N) is 1. The number of hydrogen-bond acceptors (Lipinski definition) is 5. The summed E-state index contributed by atoms with van der Waals surface area (Å²) in [4.78, 5) is 37.9. The Labute approximate surface area is 196 Å². The summed E-state index contributed by atoms with van der Waals surface area (Å²) < 4.78 is 5.71. The van der Waals surface area contributed by atoms with Gasteiger partial charge in [-0.25, -0.2) is 4.79 Å². The van der Waals surface area contributed by atoms with E-state index in [2.05, 4.69) is 5.32 Å². The summed E-state index contributed by atoms with van der Waals surface area (Å²) in [5.74, 6) is -1.91. The molecule has 160 valence electrons. The molecular formula is C22H12Cl2N2O5S. The van der Waals surface area contributed by atoms with Gasteiger partial charge >= 0.3 is 5.97 Å². The first-order chi connectivity index (χ1) is 15.2. The average molecular weight is 487 g/mol. The van der Waals surface area contributed by atoms with E-state index in [9.17, 15) is 19.5 Å². The number of furan rings is 1. The maximum Gasteiger partial charge on any atom is 0.337 e. The number of anilines is 1. The van der Waals surface area contributed by atoms with Crippen molar-refractivity contribution in [2.45, 2.75) is 0 Å². The molecule has 7 nitrogen and oxygen atoms in total. The van der Waals surface area contributed by atoms with E-state index in [0.717, 1.165) is 0 Å². The van der Waals surface area contributed by atoms with Crippen molar-refractivity contribution in [2.24, 2.45) is 0 Å². The molecule has 0 aliphatic carbocycles. The fraction of sp³-hybridized carbons (Fsp3) is 0. The summed E-state index contributed by atoms with van der Waals surface area (Å²) in [6.07, 6.45) is 1.29. The second-order valence-corrected chi connectivity index (χ2v) is 7.87. The van der Waals surface area contributed by atoms with E-state index in [4.69, 9.17) is 39.8 Å². The highest BCUT2D eigenvalue weighted by Gasteiger charge is 2.34. The van der Waals surface area contributed by atoms with Crippen LogP contribution in [0, 0.1) is 0 Å². The molecule has 2 aromatic carbocycles. The number of benzene rings is 2. The SMILES string of the molecule is O=C1NC(=S)N(c2ccc(Cl)cc2)C(=O)/C1=C/c1ccc(-c2ccc(Cl)c(C(=O)O)c2)o1. The van der Waals surface area contributed by atoms with Crippen molar-refractivity contribution in [2.75, 3.05) is 4.90 Å². The summed E-state index contributed by atoms with van der Waals surface area (Å²) in [5.41, 5.74) is 0.656. The number of amides is 2. The molecule has 1 aliphatic heterocycles. The van der Waals surface area contributed by atoms with Gasteiger partial charge in [-0.15, -0.1) is 0 Å². The Bertz CT molecular complexity index is 1310. The maximum absolute atomic E-state index is 13.0. The zero-order chi connectivity index (χ0) is 23.0. The van der Waals surface area contributed by atoms with Gasteiger partial charge in [-0.2, -0.15) is 0 Å². The summed E-state index contributed by atoms with van der Waals surface area (Å²) in [6.45, 7) is 0. The van der Waals surface area contributed by atoms with E-state index in [0.29, 0.717) is 22.0 Å². The van der Waals surface area contributed by atoms with Crippen LogP contribution in [-0.4, -0.2) is 28.0 Å². The number of halogens is 2. The zero-order valence-corrected chi connectivity index (χ0v) is 18.3. The van der Waals surface area contributed by atoms with Crippen molar-refractivity contribution in [3.63, 3.8) is 0 Å².